The number of hydrogen-bond donors (Lipinski definition) is 3. The number of imidazole rings is 2. The maximum Gasteiger partial charge on any atom is 0.407 e. The van der Waals surface area contributed by atoms with Crippen molar-refractivity contribution < 1.29 is 33.0 Å². The van der Waals surface area contributed by atoms with Crippen LogP contribution in [-0.2, 0) is 23.9 Å². The van der Waals surface area contributed by atoms with Gasteiger partial charge in [-0.1, -0.05) is 60.7 Å². The van der Waals surface area contributed by atoms with Crippen LogP contribution in [0.4, 0.5) is 9.18 Å². The quantitative estimate of drug-likeness (QED) is 0.125. The normalized spacial score (nSPS) is 17.7. The van der Waals surface area contributed by atoms with E-state index < -0.39 is 29.8 Å². The fourth-order valence-electron chi connectivity index (χ4n) is 7.71. The van der Waals surface area contributed by atoms with Crippen LogP contribution < -0.4 is 5.32 Å². The molecule has 2 aliphatic heterocycles. The van der Waals surface area contributed by atoms with Gasteiger partial charge in [0.15, 0.2) is 0 Å². The number of carbonyl (C=O) groups excluding carboxylic acids is 4. The Balaban J connectivity index is 1.02. The van der Waals surface area contributed by atoms with E-state index in [1.54, 1.807) is 30.3 Å². The number of carbonyl (C=O) groups is 4. The molecule has 2 aliphatic rings. The number of esters is 1. The molecule has 3 amide bonds. The lowest BCUT2D eigenvalue weighted by Gasteiger charge is -2.28. The molecule has 3 N–H and O–H groups in total. The average Bonchev–Trinajstić information content (AvgIpc) is 4.07. The maximum atomic E-state index is 15.7. The van der Waals surface area contributed by atoms with Crippen molar-refractivity contribution in [1.29, 1.82) is 0 Å². The number of rotatable bonds is 11. The first kappa shape index (κ1) is 38.0. The summed E-state index contributed by atoms with van der Waals surface area (Å²) >= 11 is 0. The van der Waals surface area contributed by atoms with Crippen molar-refractivity contribution in [3.63, 3.8) is 0 Å². The van der Waals surface area contributed by atoms with Gasteiger partial charge in [0.2, 0.25) is 11.8 Å². The number of H-pyrrole nitrogens is 2. The molecule has 56 heavy (non-hydrogen) atoms. The van der Waals surface area contributed by atoms with Crippen LogP contribution in [0.1, 0.15) is 74.2 Å². The molecule has 2 aromatic heterocycles. The summed E-state index contributed by atoms with van der Waals surface area (Å²) in [5.41, 5.74) is 4.80. The molecule has 2 fully saturated rings. The molecule has 4 atom stereocenters. The zero-order valence-corrected chi connectivity index (χ0v) is 31.5. The molecule has 3 aromatic carbocycles. The van der Waals surface area contributed by atoms with Crippen LogP contribution in [0.15, 0.2) is 85.2 Å². The summed E-state index contributed by atoms with van der Waals surface area (Å²) in [6.07, 6.45) is 5.62. The van der Waals surface area contributed by atoms with Crippen LogP contribution in [0.25, 0.3) is 33.6 Å². The van der Waals surface area contributed by atoms with Gasteiger partial charge in [0, 0.05) is 18.7 Å². The number of methoxy groups -OCH3 is 2. The Kier molecular flexibility index (Phi) is 11.3. The van der Waals surface area contributed by atoms with Gasteiger partial charge in [-0.3, -0.25) is 14.4 Å². The molecular formula is C42H44FN7O6. The Bertz CT molecular complexity index is 2200. The predicted molar refractivity (Wildman–Crippen MR) is 205 cm³/mol. The molecule has 5 aromatic rings. The van der Waals surface area contributed by atoms with E-state index in [1.165, 1.54) is 20.3 Å². The van der Waals surface area contributed by atoms with E-state index in [9.17, 15) is 19.2 Å². The lowest BCUT2D eigenvalue weighted by molar-refractivity contribution is -0.145. The smallest absolute Gasteiger partial charge is 0.407 e. The Morgan fingerprint density at radius 2 is 1.38 bits per heavy atom. The third-order valence-corrected chi connectivity index (χ3v) is 10.7. The SMILES string of the molecule is COC(=O)C[C@@H](C(=O)N1CCC[C@H]1c1ncc(-c2ccc(-c3ccc(-c4cnc([C@@H]5CCCN5C(=O)[C@H](C)NC(=O)OC)[nH]4)c(F)c3)cc2)[nH]1)c1ccccc1. The van der Waals surface area contributed by atoms with Gasteiger partial charge in [0.05, 0.1) is 62.4 Å². The highest BCUT2D eigenvalue weighted by Crippen LogP contribution is 2.37. The molecule has 0 bridgehead atoms. The molecule has 2 saturated heterocycles. The number of alkyl carbamates (subject to hydrolysis) is 1. The number of ether oxygens (including phenoxy) is 2. The molecule has 290 valence electrons. The first-order valence-electron chi connectivity index (χ1n) is 18.7. The molecule has 0 spiro atoms. The molecule has 0 radical (unpaired) electrons. The monoisotopic (exact) mass is 761 g/mol. The summed E-state index contributed by atoms with van der Waals surface area (Å²) in [5, 5.41) is 2.52. The number of halogens is 1. The van der Waals surface area contributed by atoms with E-state index in [0.717, 1.165) is 41.6 Å². The molecule has 4 heterocycles. The minimum Gasteiger partial charge on any atom is -0.469 e. The largest absolute Gasteiger partial charge is 0.469 e. The second-order valence-electron chi connectivity index (χ2n) is 14.1. The number of aromatic nitrogens is 4. The Morgan fingerprint density at radius 3 is 2.00 bits per heavy atom. The van der Waals surface area contributed by atoms with Crippen molar-refractivity contribution in [2.45, 2.75) is 63.1 Å². The highest BCUT2D eigenvalue weighted by Gasteiger charge is 2.38. The standard InChI is InChI=1S/C42H44FN7O6/c1-25(46-42(54)56-3)40(52)49-19-7-11-35(49)39-45-24-34(48-39)30-18-17-29(21-32(30)43)26-13-15-28(16-14-26)33-23-44-38(47-33)36-12-8-20-50(36)41(53)31(22-37(51)55-2)27-9-5-4-6-10-27/h4-6,9-10,13-18,21,23-25,31,35-36H,7-8,11-12,19-20,22H2,1-3H3,(H,44,47)(H,45,48)(H,46,54)/t25-,31+,35-,36-/m0/s1. The number of benzene rings is 3. The van der Waals surface area contributed by atoms with Crippen LogP contribution in [0.5, 0.6) is 0 Å². The Labute approximate surface area is 323 Å². The van der Waals surface area contributed by atoms with E-state index in [1.807, 2.05) is 65.6 Å². The van der Waals surface area contributed by atoms with E-state index in [-0.39, 0.29) is 30.3 Å². The van der Waals surface area contributed by atoms with Crippen molar-refractivity contribution in [2.24, 2.45) is 0 Å². The minimum absolute atomic E-state index is 0.0446. The van der Waals surface area contributed by atoms with Gasteiger partial charge >= 0.3 is 12.1 Å². The maximum absolute atomic E-state index is 15.7. The van der Waals surface area contributed by atoms with Crippen LogP contribution in [0, 0.1) is 5.82 Å². The summed E-state index contributed by atoms with van der Waals surface area (Å²) < 4.78 is 25.2. The topological polar surface area (TPSA) is 163 Å². The second-order valence-corrected chi connectivity index (χ2v) is 14.1. The van der Waals surface area contributed by atoms with Gasteiger partial charge < -0.3 is 34.6 Å². The van der Waals surface area contributed by atoms with E-state index in [4.69, 9.17) is 4.74 Å². The zero-order chi connectivity index (χ0) is 39.3. The molecule has 7 rings (SSSR count). The average molecular weight is 762 g/mol. The summed E-state index contributed by atoms with van der Waals surface area (Å²) in [5.74, 6) is -0.671. The Morgan fingerprint density at radius 1 is 0.786 bits per heavy atom. The van der Waals surface area contributed by atoms with Crippen molar-refractivity contribution in [1.82, 2.24) is 35.1 Å². The van der Waals surface area contributed by atoms with Crippen molar-refractivity contribution in [2.75, 3.05) is 27.3 Å². The first-order chi connectivity index (χ1) is 27.1. The van der Waals surface area contributed by atoms with Crippen LogP contribution in [0.2, 0.25) is 0 Å². The van der Waals surface area contributed by atoms with Gasteiger partial charge in [-0.2, -0.15) is 0 Å². The summed E-state index contributed by atoms with van der Waals surface area (Å²) in [7, 11) is 2.57. The summed E-state index contributed by atoms with van der Waals surface area (Å²) in [6, 6.07) is 20.7. The molecule has 14 heteroatoms. The fourth-order valence-corrected chi connectivity index (χ4v) is 7.71. The third-order valence-electron chi connectivity index (χ3n) is 10.7. The number of amides is 3. The number of nitrogens with one attached hydrogen (secondary N) is 3. The highest BCUT2D eigenvalue weighted by molar-refractivity contribution is 5.89. The molecule has 13 nitrogen and oxygen atoms in total. The third kappa shape index (κ3) is 7.90. The van der Waals surface area contributed by atoms with Crippen molar-refractivity contribution in [3.05, 3.63) is 108 Å². The van der Waals surface area contributed by atoms with Gasteiger partial charge in [-0.25, -0.2) is 19.2 Å². The lowest BCUT2D eigenvalue weighted by Crippen LogP contribution is -2.46. The highest BCUT2D eigenvalue weighted by atomic mass is 19.1. The van der Waals surface area contributed by atoms with Gasteiger partial charge in [-0.15, -0.1) is 0 Å². The molecule has 0 aliphatic carbocycles. The van der Waals surface area contributed by atoms with Gasteiger partial charge in [0.25, 0.3) is 0 Å². The van der Waals surface area contributed by atoms with Crippen LogP contribution in [0.3, 0.4) is 0 Å². The fraction of sp³-hybridized carbons (Fsp3) is 0.333. The first-order valence-corrected chi connectivity index (χ1v) is 18.7. The lowest BCUT2D eigenvalue weighted by atomic mass is 9.94. The number of likely N-dealkylation sites (tertiary alicyclic amines) is 2. The minimum atomic E-state index is -0.770. The number of nitrogens with zero attached hydrogens (tertiary/aromatic N) is 4. The van der Waals surface area contributed by atoms with Crippen molar-refractivity contribution >= 4 is 23.9 Å². The Hall–Kier alpha value is -6.31. The number of hydrogen-bond acceptors (Lipinski definition) is 8. The van der Waals surface area contributed by atoms with Crippen LogP contribution in [-0.4, -0.2) is 87.0 Å². The summed E-state index contributed by atoms with van der Waals surface area (Å²) in [4.78, 5) is 70.2. The van der Waals surface area contributed by atoms with Gasteiger partial charge in [0.1, 0.15) is 23.5 Å². The summed E-state index contributed by atoms with van der Waals surface area (Å²) in [6.45, 7) is 2.69. The van der Waals surface area contributed by atoms with Gasteiger partial charge in [-0.05, 0) is 67.0 Å². The van der Waals surface area contributed by atoms with Crippen LogP contribution >= 0.6 is 0 Å². The van der Waals surface area contributed by atoms with E-state index in [2.05, 4.69) is 30.0 Å². The van der Waals surface area contributed by atoms with E-state index in [0.29, 0.717) is 48.0 Å². The zero-order valence-electron chi connectivity index (χ0n) is 31.5. The predicted octanol–water partition coefficient (Wildman–Crippen LogP) is 6.69. The van der Waals surface area contributed by atoms with Crippen molar-refractivity contribution in [3.8, 4) is 33.6 Å². The number of aromatic amines is 2. The molecule has 0 saturated carbocycles. The van der Waals surface area contributed by atoms with E-state index >= 15 is 4.39 Å². The molecular weight excluding hydrogens is 718 g/mol. The second kappa shape index (κ2) is 16.6. The molecule has 0 unspecified atom stereocenters.